The van der Waals surface area contributed by atoms with Crippen LogP contribution in [-0.4, -0.2) is 76.6 Å². The number of benzene rings is 2. The van der Waals surface area contributed by atoms with Gasteiger partial charge < -0.3 is 20.0 Å². The summed E-state index contributed by atoms with van der Waals surface area (Å²) in [5.74, 6) is -2.52. The van der Waals surface area contributed by atoms with Gasteiger partial charge in [-0.15, -0.1) is 0 Å². The highest BCUT2D eigenvalue weighted by atomic mass is 35.5. The van der Waals surface area contributed by atoms with E-state index in [0.717, 1.165) is 5.69 Å². The van der Waals surface area contributed by atoms with Gasteiger partial charge in [0.1, 0.15) is 0 Å². The lowest BCUT2D eigenvalue weighted by Crippen LogP contribution is -2.50. The summed E-state index contributed by atoms with van der Waals surface area (Å²) in [4.78, 5) is 42.6. The number of carboxylic acids is 2. The number of non-ortho nitro benzene ring substituents is 1. The number of allylic oxidation sites excluding steroid dienone is 2. The third kappa shape index (κ3) is 5.22. The van der Waals surface area contributed by atoms with Gasteiger partial charge in [-0.25, -0.2) is 9.59 Å². The third-order valence-corrected chi connectivity index (χ3v) is 8.14. The second kappa shape index (κ2) is 11.1. The molecule has 0 amide bonds. The maximum Gasteiger partial charge on any atom is 0.334 e. The van der Waals surface area contributed by atoms with Gasteiger partial charge in [0.05, 0.1) is 21.5 Å². The summed E-state index contributed by atoms with van der Waals surface area (Å²) in [6.45, 7) is 6.45. The van der Waals surface area contributed by atoms with Gasteiger partial charge in [0.2, 0.25) is 0 Å². The molecule has 0 radical (unpaired) electrons. The van der Waals surface area contributed by atoms with Gasteiger partial charge in [-0.1, -0.05) is 29.8 Å². The van der Waals surface area contributed by atoms with E-state index in [1.165, 1.54) is 18.2 Å². The molecule has 1 saturated heterocycles. The lowest BCUT2D eigenvalue weighted by molar-refractivity contribution is -0.385. The van der Waals surface area contributed by atoms with Gasteiger partial charge >= 0.3 is 11.9 Å². The highest BCUT2D eigenvalue weighted by molar-refractivity contribution is 6.30. The molecule has 2 N–H and O–H groups in total. The zero-order valence-corrected chi connectivity index (χ0v) is 22.8. The van der Waals surface area contributed by atoms with E-state index in [2.05, 4.69) is 9.80 Å². The molecule has 0 saturated carbocycles. The molecule has 11 heteroatoms. The SMILES string of the molecule is CC1=C(C(=O)O)C(CCN2CCN(c3cccc(Cl)c3)CC2)(c2cccc([N+](=O)[O-])c2)C(C(=O)O)=C(C)N1C. The number of anilines is 1. The molecule has 2 aliphatic rings. The molecule has 0 unspecified atom stereocenters. The number of nitrogens with zero attached hydrogens (tertiary/aromatic N) is 4. The zero-order chi connectivity index (χ0) is 28.5. The van der Waals surface area contributed by atoms with Crippen LogP contribution >= 0.6 is 11.6 Å². The maximum absolute atomic E-state index is 12.8. The highest BCUT2D eigenvalue weighted by Crippen LogP contribution is 2.50. The molecule has 1 fully saturated rings. The molecule has 2 aliphatic heterocycles. The van der Waals surface area contributed by atoms with Crippen LogP contribution in [0.3, 0.4) is 0 Å². The molecule has 2 aromatic carbocycles. The summed E-state index contributed by atoms with van der Waals surface area (Å²) < 4.78 is 0. The lowest BCUT2D eigenvalue weighted by atomic mass is 9.63. The average Bonchev–Trinajstić information content (AvgIpc) is 2.90. The van der Waals surface area contributed by atoms with Crippen molar-refractivity contribution in [3.63, 3.8) is 0 Å². The van der Waals surface area contributed by atoms with Crippen LogP contribution in [0, 0.1) is 10.1 Å². The van der Waals surface area contributed by atoms with Crippen molar-refractivity contribution in [3.8, 4) is 0 Å². The van der Waals surface area contributed by atoms with Crippen molar-refractivity contribution in [1.29, 1.82) is 0 Å². The molecule has 0 atom stereocenters. The lowest BCUT2D eigenvalue weighted by Gasteiger charge is -2.45. The van der Waals surface area contributed by atoms with Gasteiger partial charge in [-0.05, 0) is 50.6 Å². The first kappa shape index (κ1) is 28.1. The first-order valence-corrected chi connectivity index (χ1v) is 13.0. The van der Waals surface area contributed by atoms with Crippen LogP contribution < -0.4 is 4.90 Å². The van der Waals surface area contributed by atoms with Crippen molar-refractivity contribution in [1.82, 2.24) is 9.80 Å². The quantitative estimate of drug-likeness (QED) is 0.361. The molecular weight excluding hydrogens is 524 g/mol. The topological polar surface area (TPSA) is 127 Å². The Morgan fingerprint density at radius 1 is 0.974 bits per heavy atom. The van der Waals surface area contributed by atoms with Crippen LogP contribution in [0.15, 0.2) is 71.1 Å². The van der Waals surface area contributed by atoms with Gasteiger partial charge in [0, 0.05) is 67.5 Å². The largest absolute Gasteiger partial charge is 0.478 e. The fourth-order valence-corrected chi connectivity index (χ4v) is 5.99. The highest BCUT2D eigenvalue weighted by Gasteiger charge is 2.51. The number of piperazine rings is 1. The Bertz CT molecular complexity index is 1340. The molecule has 39 heavy (non-hydrogen) atoms. The molecular formula is C28H31ClN4O6. The van der Waals surface area contributed by atoms with Gasteiger partial charge in [-0.3, -0.25) is 15.0 Å². The maximum atomic E-state index is 12.8. The summed E-state index contributed by atoms with van der Waals surface area (Å²) in [7, 11) is 1.63. The molecule has 0 aromatic heterocycles. The van der Waals surface area contributed by atoms with Crippen molar-refractivity contribution >= 4 is 34.9 Å². The molecule has 4 rings (SSSR count). The molecule has 10 nitrogen and oxygen atoms in total. The van der Waals surface area contributed by atoms with Crippen LogP contribution in [0.5, 0.6) is 0 Å². The minimum Gasteiger partial charge on any atom is -0.478 e. The average molecular weight is 555 g/mol. The van der Waals surface area contributed by atoms with Gasteiger partial charge in [0.25, 0.3) is 5.69 Å². The van der Waals surface area contributed by atoms with Crippen LogP contribution in [-0.2, 0) is 15.0 Å². The first-order valence-electron chi connectivity index (χ1n) is 12.6. The predicted octanol–water partition coefficient (Wildman–Crippen LogP) is 4.36. The number of hydrogen-bond acceptors (Lipinski definition) is 7. The predicted molar refractivity (Wildman–Crippen MR) is 148 cm³/mol. The van der Waals surface area contributed by atoms with Crippen LogP contribution in [0.2, 0.25) is 5.02 Å². The third-order valence-electron chi connectivity index (χ3n) is 7.91. The van der Waals surface area contributed by atoms with E-state index in [1.54, 1.807) is 31.9 Å². The Balaban J connectivity index is 1.75. The fraction of sp³-hybridized carbons (Fsp3) is 0.357. The number of nitro benzene ring substituents is 1. The second-order valence-electron chi connectivity index (χ2n) is 9.86. The van der Waals surface area contributed by atoms with Gasteiger partial charge in [-0.2, -0.15) is 0 Å². The normalized spacial score (nSPS) is 17.9. The number of carbonyl (C=O) groups is 2. The van der Waals surface area contributed by atoms with Gasteiger partial charge in [0.15, 0.2) is 0 Å². The number of hydrogen-bond donors (Lipinski definition) is 2. The Kier molecular flexibility index (Phi) is 7.99. The summed E-state index contributed by atoms with van der Waals surface area (Å²) >= 11 is 6.16. The van der Waals surface area contributed by atoms with E-state index in [0.29, 0.717) is 49.1 Å². The van der Waals surface area contributed by atoms with E-state index >= 15 is 0 Å². The molecule has 206 valence electrons. The van der Waals surface area contributed by atoms with E-state index in [9.17, 15) is 29.9 Å². The second-order valence-corrected chi connectivity index (χ2v) is 10.3. The number of aliphatic carboxylic acids is 2. The fourth-order valence-electron chi connectivity index (χ4n) is 5.80. The number of rotatable bonds is 8. The van der Waals surface area contributed by atoms with Crippen molar-refractivity contribution in [2.45, 2.75) is 25.7 Å². The summed E-state index contributed by atoms with van der Waals surface area (Å²) in [5.41, 5.74) is 0.0568. The van der Waals surface area contributed by atoms with E-state index in [4.69, 9.17) is 11.6 Å². The monoisotopic (exact) mass is 554 g/mol. The first-order chi connectivity index (χ1) is 18.5. The molecule has 0 bridgehead atoms. The Morgan fingerprint density at radius 2 is 1.56 bits per heavy atom. The molecule has 0 spiro atoms. The minimum absolute atomic E-state index is 0.0916. The molecule has 0 aliphatic carbocycles. The van der Waals surface area contributed by atoms with E-state index < -0.39 is 22.3 Å². The number of carboxylic acid groups (broad SMARTS) is 2. The zero-order valence-electron chi connectivity index (χ0n) is 22.1. The van der Waals surface area contributed by atoms with Crippen LogP contribution in [0.4, 0.5) is 11.4 Å². The smallest absolute Gasteiger partial charge is 0.334 e. The number of halogens is 1. The Hall–Kier alpha value is -3.89. The standard InChI is InChI=1S/C28H31ClN4O6/c1-18-24(26(34)35)28(25(27(36)37)19(2)30(18)3,20-6-4-9-23(16-20)33(38)39)10-11-31-12-14-32(15-13-31)22-8-5-7-21(29)17-22/h4-9,16-17H,10-15H2,1-3H3,(H,34,35)(H,36,37). The van der Waals surface area contributed by atoms with E-state index in [1.807, 2.05) is 24.3 Å². The van der Waals surface area contributed by atoms with Crippen molar-refractivity contribution < 1.29 is 24.7 Å². The Morgan fingerprint density at radius 3 is 2.10 bits per heavy atom. The summed E-state index contributed by atoms with van der Waals surface area (Å²) in [6.07, 6.45) is 0.122. The Labute approximate surface area is 231 Å². The van der Waals surface area contributed by atoms with Crippen LogP contribution in [0.1, 0.15) is 25.8 Å². The molecule has 2 heterocycles. The number of nitro groups is 1. The van der Waals surface area contributed by atoms with Crippen molar-refractivity contribution in [2.24, 2.45) is 0 Å². The van der Waals surface area contributed by atoms with Crippen molar-refractivity contribution in [3.05, 3.63) is 91.8 Å². The molecule has 2 aromatic rings. The van der Waals surface area contributed by atoms with E-state index in [-0.39, 0.29) is 28.8 Å². The minimum atomic E-state index is -1.60. The van der Waals surface area contributed by atoms with Crippen LogP contribution in [0.25, 0.3) is 0 Å². The van der Waals surface area contributed by atoms with Crippen molar-refractivity contribution in [2.75, 3.05) is 44.7 Å². The summed E-state index contributed by atoms with van der Waals surface area (Å²) in [6, 6.07) is 13.3. The summed E-state index contributed by atoms with van der Waals surface area (Å²) in [5, 5.41) is 33.2.